The number of carboxylic acid groups (broad SMARTS) is 1. The highest BCUT2D eigenvalue weighted by atomic mass is 19.4. The second kappa shape index (κ2) is 6.89. The van der Waals surface area contributed by atoms with E-state index in [9.17, 15) is 57.5 Å². The first-order valence-electron chi connectivity index (χ1n) is 5.09. The van der Waals surface area contributed by atoms with Crippen LogP contribution in [0.3, 0.4) is 0 Å². The van der Waals surface area contributed by atoms with Gasteiger partial charge in [-0.05, 0) is 0 Å². The van der Waals surface area contributed by atoms with Crippen molar-refractivity contribution in [1.82, 2.24) is 0 Å². The minimum absolute atomic E-state index is 0.833. The number of carboxylic acids is 1. The summed E-state index contributed by atoms with van der Waals surface area (Å²) in [7, 11) is 0. The van der Waals surface area contributed by atoms with E-state index in [1.807, 2.05) is 0 Å². The molecular formula is C9H6F12O4. The van der Waals surface area contributed by atoms with Gasteiger partial charge in [0.15, 0.2) is 0 Å². The molecule has 25 heavy (non-hydrogen) atoms. The Morgan fingerprint density at radius 1 is 0.640 bits per heavy atom. The van der Waals surface area contributed by atoms with Crippen molar-refractivity contribution in [2.45, 2.75) is 35.9 Å². The molecule has 0 heterocycles. The number of aliphatic carboxylic acids is 1. The van der Waals surface area contributed by atoms with Gasteiger partial charge in [-0.15, -0.1) is 0 Å². The Bertz CT molecular complexity index is 454. The number of rotatable bonds is 6. The Balaban J connectivity index is 0. The lowest BCUT2D eigenvalue weighted by Gasteiger charge is -2.38. The molecule has 0 aliphatic carbocycles. The molecule has 0 rings (SSSR count). The maximum absolute atomic E-state index is 12.4. The van der Waals surface area contributed by atoms with Crippen LogP contribution in [0, 0.1) is 0 Å². The van der Waals surface area contributed by atoms with Gasteiger partial charge in [0.25, 0.3) is 0 Å². The molecule has 16 heteroatoms. The predicted octanol–water partition coefficient (Wildman–Crippen LogP) is 2.95. The molecule has 0 aliphatic heterocycles. The van der Waals surface area contributed by atoms with Crippen LogP contribution >= 0.6 is 0 Å². The molecule has 0 amide bonds. The molecule has 0 atom stereocenters. The van der Waals surface area contributed by atoms with Crippen molar-refractivity contribution in [3.05, 3.63) is 12.7 Å². The van der Waals surface area contributed by atoms with Crippen LogP contribution < -0.4 is 0 Å². The van der Waals surface area contributed by atoms with Crippen molar-refractivity contribution in [3.63, 3.8) is 0 Å². The Morgan fingerprint density at radius 3 is 0.880 bits per heavy atom. The molecule has 0 fully saturated rings. The summed E-state index contributed by atoms with van der Waals surface area (Å²) >= 11 is 0. The van der Waals surface area contributed by atoms with Crippen molar-refractivity contribution in [2.75, 3.05) is 0 Å². The van der Waals surface area contributed by atoms with E-state index in [1.54, 1.807) is 0 Å². The van der Waals surface area contributed by atoms with E-state index in [-0.39, 0.29) is 0 Å². The molecule has 0 saturated carbocycles. The molecule has 0 aromatic heterocycles. The van der Waals surface area contributed by atoms with E-state index in [0.717, 1.165) is 6.08 Å². The average Bonchev–Trinajstić information content (AvgIpc) is 2.35. The van der Waals surface area contributed by atoms with Crippen LogP contribution in [0.25, 0.3) is 0 Å². The van der Waals surface area contributed by atoms with Crippen LogP contribution in [0.5, 0.6) is 0 Å². The highest BCUT2D eigenvalue weighted by molar-refractivity contribution is 5.78. The van der Waals surface area contributed by atoms with Crippen LogP contribution in [0.4, 0.5) is 52.7 Å². The molecule has 0 bridgehead atoms. The number of aliphatic hydroxyl groups is 2. The van der Waals surface area contributed by atoms with Crippen LogP contribution in [-0.4, -0.2) is 57.2 Å². The van der Waals surface area contributed by atoms with Crippen LogP contribution in [0.2, 0.25) is 0 Å². The summed E-state index contributed by atoms with van der Waals surface area (Å²) in [5.74, 6) is -31.7. The highest BCUT2D eigenvalue weighted by Crippen LogP contribution is 2.58. The lowest BCUT2D eigenvalue weighted by Crippen LogP contribution is -2.70. The fourth-order valence-corrected chi connectivity index (χ4v) is 0.772. The fraction of sp³-hybridized carbons (Fsp3) is 0.667. The van der Waals surface area contributed by atoms with Gasteiger partial charge in [-0.2, -0.15) is 52.7 Å². The molecule has 0 unspecified atom stereocenters. The molecule has 0 saturated heterocycles. The van der Waals surface area contributed by atoms with Crippen molar-refractivity contribution in [3.8, 4) is 0 Å². The van der Waals surface area contributed by atoms with E-state index in [1.165, 1.54) is 0 Å². The lowest BCUT2D eigenvalue weighted by atomic mass is 9.97. The van der Waals surface area contributed by atoms with E-state index >= 15 is 0 Å². The van der Waals surface area contributed by atoms with Gasteiger partial charge < -0.3 is 15.3 Å². The molecule has 0 aromatic carbocycles. The van der Waals surface area contributed by atoms with Crippen molar-refractivity contribution < 1.29 is 72.8 Å². The van der Waals surface area contributed by atoms with E-state index in [2.05, 4.69) is 6.58 Å². The molecule has 0 aromatic rings. The molecule has 0 spiro atoms. The first-order valence-corrected chi connectivity index (χ1v) is 5.09. The first-order chi connectivity index (χ1) is 10.5. The monoisotopic (exact) mass is 406 g/mol. The summed E-state index contributed by atoms with van der Waals surface area (Å²) in [4.78, 5) is 9.25. The van der Waals surface area contributed by atoms with Gasteiger partial charge in [0.2, 0.25) is 0 Å². The van der Waals surface area contributed by atoms with Gasteiger partial charge >= 0.3 is 41.9 Å². The predicted molar refractivity (Wildman–Crippen MR) is 52.0 cm³/mol. The van der Waals surface area contributed by atoms with Crippen LogP contribution in [0.15, 0.2) is 12.7 Å². The van der Waals surface area contributed by atoms with Gasteiger partial charge in [-0.1, -0.05) is 6.58 Å². The summed E-state index contributed by atoms with van der Waals surface area (Å²) < 4.78 is 146. The molecule has 0 aliphatic rings. The number of alkyl halides is 12. The zero-order chi connectivity index (χ0) is 21.3. The molecule has 150 valence electrons. The quantitative estimate of drug-likeness (QED) is 0.469. The Hall–Kier alpha value is -1.71. The van der Waals surface area contributed by atoms with Gasteiger partial charge in [0, 0.05) is 6.08 Å². The number of carbonyl (C=O) groups is 1. The van der Waals surface area contributed by atoms with Crippen molar-refractivity contribution in [2.24, 2.45) is 0 Å². The summed E-state index contributed by atoms with van der Waals surface area (Å²) in [5, 5.41) is 22.2. The smallest absolute Gasteiger partial charge is 0.423 e. The molecule has 3 N–H and O–H groups in total. The van der Waals surface area contributed by atoms with E-state index < -0.39 is 41.9 Å². The van der Waals surface area contributed by atoms with Crippen molar-refractivity contribution >= 4 is 5.97 Å². The van der Waals surface area contributed by atoms with E-state index in [0.29, 0.717) is 0 Å². The minimum atomic E-state index is -7.84. The van der Waals surface area contributed by atoms with Gasteiger partial charge in [-0.3, -0.25) is 0 Å². The van der Waals surface area contributed by atoms with Crippen LogP contribution in [-0.2, 0) is 4.79 Å². The number of hydrogen-bond acceptors (Lipinski definition) is 3. The summed E-state index contributed by atoms with van der Waals surface area (Å²) in [5.41, 5.74) is 0. The third-order valence-electron chi connectivity index (χ3n) is 2.11. The SMILES string of the molecule is C=CC(=O)O.OC(F)(F)C(F)(F)C(F)(F)C(F)(F)C(F)(F)C(O)(F)F. The zero-order valence-electron chi connectivity index (χ0n) is 11.1. The normalized spacial score (nSPS) is 14.5. The van der Waals surface area contributed by atoms with Gasteiger partial charge in [0.1, 0.15) is 0 Å². The standard InChI is InChI=1S/C6H2F12O2.C3H4O2/c7-1(8,3(11,12)5(15,16)19)2(9,10)4(13,14)6(17,18)20;1-2-3(4)5/h19-20H;2H,1H2,(H,4,5). The van der Waals surface area contributed by atoms with E-state index in [4.69, 9.17) is 15.3 Å². The summed E-state index contributed by atoms with van der Waals surface area (Å²) in [6.45, 7) is 2.96. The molecular weight excluding hydrogens is 400 g/mol. The number of halogens is 12. The topological polar surface area (TPSA) is 77.8 Å². The number of hydrogen-bond donors (Lipinski definition) is 3. The Kier molecular flexibility index (Phi) is 7.04. The largest absolute Gasteiger partial charge is 0.478 e. The second-order valence-corrected chi connectivity index (χ2v) is 3.92. The minimum Gasteiger partial charge on any atom is -0.478 e. The first kappa shape index (κ1) is 25.5. The molecule has 0 radical (unpaired) electrons. The third kappa shape index (κ3) is 4.47. The average molecular weight is 406 g/mol. The lowest BCUT2D eigenvalue weighted by molar-refractivity contribution is -0.468. The second-order valence-electron chi connectivity index (χ2n) is 3.92. The maximum Gasteiger partial charge on any atom is 0.423 e. The molecule has 4 nitrogen and oxygen atoms in total. The summed E-state index contributed by atoms with van der Waals surface area (Å²) in [6.07, 6.45) is -13.1. The zero-order valence-corrected chi connectivity index (χ0v) is 11.1. The van der Waals surface area contributed by atoms with Crippen molar-refractivity contribution in [1.29, 1.82) is 0 Å². The van der Waals surface area contributed by atoms with Gasteiger partial charge in [-0.25, -0.2) is 4.79 Å². The Labute approximate surface area is 129 Å². The summed E-state index contributed by atoms with van der Waals surface area (Å²) in [6, 6.07) is 0. The maximum atomic E-state index is 12.4. The van der Waals surface area contributed by atoms with Gasteiger partial charge in [0.05, 0.1) is 0 Å². The third-order valence-corrected chi connectivity index (χ3v) is 2.11. The Morgan fingerprint density at radius 2 is 0.800 bits per heavy atom. The fourth-order valence-electron chi connectivity index (χ4n) is 0.772. The van der Waals surface area contributed by atoms with Crippen LogP contribution in [0.1, 0.15) is 0 Å². The highest BCUT2D eigenvalue weighted by Gasteiger charge is 2.90.